The molecule has 24 heavy (non-hydrogen) atoms. The number of ether oxygens (including phenoxy) is 1. The van der Waals surface area contributed by atoms with Crippen LogP contribution in [0.2, 0.25) is 5.02 Å². The van der Waals surface area contributed by atoms with Crippen molar-refractivity contribution in [2.45, 2.75) is 6.18 Å². The zero-order chi connectivity index (χ0) is 17.7. The van der Waals surface area contributed by atoms with E-state index in [0.29, 0.717) is 11.4 Å². The average Bonchev–Trinajstić information content (AvgIpc) is 2.53. The first-order valence-corrected chi connectivity index (χ1v) is 7.22. The number of hydrogen-bond acceptors (Lipinski definition) is 3. The average molecular weight is 359 g/mol. The Bertz CT molecular complexity index is 718. The summed E-state index contributed by atoms with van der Waals surface area (Å²) in [6, 6.07) is 9.52. The molecule has 0 aliphatic rings. The second-order valence-electron chi connectivity index (χ2n) is 4.82. The SMILES string of the molecule is COc1ccc(NC(=O)CNc2cc(C(F)(F)F)ccc2Cl)cc1. The number of benzene rings is 2. The number of anilines is 2. The quantitative estimate of drug-likeness (QED) is 0.832. The number of amides is 1. The Hall–Kier alpha value is -2.41. The van der Waals surface area contributed by atoms with Gasteiger partial charge in [-0.1, -0.05) is 11.6 Å². The van der Waals surface area contributed by atoms with Crippen molar-refractivity contribution in [2.75, 3.05) is 24.3 Å². The van der Waals surface area contributed by atoms with Crippen LogP contribution in [0.1, 0.15) is 5.56 Å². The van der Waals surface area contributed by atoms with Gasteiger partial charge in [-0.05, 0) is 42.5 Å². The third kappa shape index (κ3) is 4.79. The van der Waals surface area contributed by atoms with Crippen LogP contribution in [0.5, 0.6) is 5.75 Å². The van der Waals surface area contributed by atoms with Crippen molar-refractivity contribution in [1.82, 2.24) is 0 Å². The molecule has 2 N–H and O–H groups in total. The van der Waals surface area contributed by atoms with Crippen LogP contribution in [0.4, 0.5) is 24.5 Å². The molecule has 0 aliphatic heterocycles. The summed E-state index contributed by atoms with van der Waals surface area (Å²) in [5.74, 6) is 0.218. The zero-order valence-corrected chi connectivity index (χ0v) is 13.3. The van der Waals surface area contributed by atoms with Gasteiger partial charge in [0.25, 0.3) is 0 Å². The molecule has 4 nitrogen and oxygen atoms in total. The Labute approximate surface area is 141 Å². The standard InChI is InChI=1S/C16H14ClF3N2O2/c1-24-12-5-3-11(4-6-12)22-15(23)9-21-14-8-10(16(18,19)20)2-7-13(14)17/h2-8,21H,9H2,1H3,(H,22,23). The molecule has 2 aromatic rings. The lowest BCUT2D eigenvalue weighted by Crippen LogP contribution is -2.22. The highest BCUT2D eigenvalue weighted by molar-refractivity contribution is 6.33. The van der Waals surface area contributed by atoms with Crippen molar-refractivity contribution < 1.29 is 22.7 Å². The van der Waals surface area contributed by atoms with Gasteiger partial charge in [-0.2, -0.15) is 13.2 Å². The summed E-state index contributed by atoms with van der Waals surface area (Å²) < 4.78 is 43.1. The van der Waals surface area contributed by atoms with Crippen LogP contribution >= 0.6 is 11.6 Å². The predicted molar refractivity (Wildman–Crippen MR) is 86.6 cm³/mol. The van der Waals surface area contributed by atoms with E-state index in [1.807, 2.05) is 0 Å². The summed E-state index contributed by atoms with van der Waals surface area (Å²) in [5, 5.41) is 5.30. The Kier molecular flexibility index (Phi) is 5.56. The van der Waals surface area contributed by atoms with Crippen molar-refractivity contribution in [1.29, 1.82) is 0 Å². The van der Waals surface area contributed by atoms with Gasteiger partial charge in [0, 0.05) is 5.69 Å². The van der Waals surface area contributed by atoms with Crippen LogP contribution in [0.25, 0.3) is 0 Å². The second kappa shape index (κ2) is 7.44. The summed E-state index contributed by atoms with van der Waals surface area (Å²) in [6.45, 7) is -0.229. The number of hydrogen-bond donors (Lipinski definition) is 2. The van der Waals surface area contributed by atoms with E-state index in [1.165, 1.54) is 7.11 Å². The van der Waals surface area contributed by atoms with Crippen LogP contribution in [-0.4, -0.2) is 19.6 Å². The minimum atomic E-state index is -4.48. The predicted octanol–water partition coefficient (Wildman–Crippen LogP) is 4.42. The van der Waals surface area contributed by atoms with E-state index in [-0.39, 0.29) is 17.3 Å². The molecule has 0 unspecified atom stereocenters. The monoisotopic (exact) mass is 358 g/mol. The third-order valence-corrected chi connectivity index (χ3v) is 3.44. The lowest BCUT2D eigenvalue weighted by molar-refractivity contribution is -0.137. The van der Waals surface area contributed by atoms with E-state index >= 15 is 0 Å². The van der Waals surface area contributed by atoms with Gasteiger partial charge in [-0.15, -0.1) is 0 Å². The van der Waals surface area contributed by atoms with Crippen molar-refractivity contribution >= 4 is 28.9 Å². The topological polar surface area (TPSA) is 50.4 Å². The van der Waals surface area contributed by atoms with Gasteiger partial charge in [0.1, 0.15) is 5.75 Å². The maximum Gasteiger partial charge on any atom is 0.416 e. The fraction of sp³-hybridized carbons (Fsp3) is 0.188. The molecule has 0 saturated carbocycles. The van der Waals surface area contributed by atoms with Crippen molar-refractivity contribution in [3.8, 4) is 5.75 Å². The van der Waals surface area contributed by atoms with Gasteiger partial charge in [-0.3, -0.25) is 4.79 Å². The molecule has 0 aromatic heterocycles. The Morgan fingerprint density at radius 2 is 1.83 bits per heavy atom. The molecule has 0 fully saturated rings. The highest BCUT2D eigenvalue weighted by Crippen LogP contribution is 2.33. The first-order chi connectivity index (χ1) is 11.3. The molecule has 0 heterocycles. The number of rotatable bonds is 5. The Morgan fingerprint density at radius 1 is 1.17 bits per heavy atom. The van der Waals surface area contributed by atoms with E-state index in [0.717, 1.165) is 18.2 Å². The molecule has 1 amide bonds. The number of halogens is 4. The number of alkyl halides is 3. The summed E-state index contributed by atoms with van der Waals surface area (Å²) in [4.78, 5) is 11.9. The lowest BCUT2D eigenvalue weighted by Gasteiger charge is -2.12. The number of carbonyl (C=O) groups is 1. The van der Waals surface area contributed by atoms with Gasteiger partial charge < -0.3 is 15.4 Å². The minimum Gasteiger partial charge on any atom is -0.497 e. The molecule has 128 valence electrons. The first kappa shape index (κ1) is 17.9. The molecule has 0 aliphatic carbocycles. The molecule has 0 saturated heterocycles. The van der Waals surface area contributed by atoms with E-state index in [9.17, 15) is 18.0 Å². The van der Waals surface area contributed by atoms with E-state index < -0.39 is 17.6 Å². The fourth-order valence-corrected chi connectivity index (χ4v) is 2.08. The van der Waals surface area contributed by atoms with Crippen LogP contribution < -0.4 is 15.4 Å². The highest BCUT2D eigenvalue weighted by atomic mass is 35.5. The summed E-state index contributed by atoms with van der Waals surface area (Å²) in [7, 11) is 1.52. The third-order valence-electron chi connectivity index (χ3n) is 3.11. The number of carbonyl (C=O) groups excluding carboxylic acids is 1. The van der Waals surface area contributed by atoms with Crippen LogP contribution in [0.3, 0.4) is 0 Å². The van der Waals surface area contributed by atoms with Gasteiger partial charge in [0.05, 0.1) is 29.9 Å². The zero-order valence-electron chi connectivity index (χ0n) is 12.6. The van der Waals surface area contributed by atoms with Gasteiger partial charge in [-0.25, -0.2) is 0 Å². The second-order valence-corrected chi connectivity index (χ2v) is 5.23. The molecule has 2 rings (SSSR count). The summed E-state index contributed by atoms with van der Waals surface area (Å²) in [5.41, 5.74) is -0.265. The maximum atomic E-state index is 12.7. The lowest BCUT2D eigenvalue weighted by atomic mass is 10.2. The summed E-state index contributed by atoms with van der Waals surface area (Å²) >= 11 is 5.85. The molecule has 8 heteroatoms. The molecular weight excluding hydrogens is 345 g/mol. The largest absolute Gasteiger partial charge is 0.497 e. The van der Waals surface area contributed by atoms with E-state index in [1.54, 1.807) is 24.3 Å². The van der Waals surface area contributed by atoms with E-state index in [2.05, 4.69) is 10.6 Å². The molecule has 0 atom stereocenters. The first-order valence-electron chi connectivity index (χ1n) is 6.84. The maximum absolute atomic E-state index is 12.7. The number of nitrogens with one attached hydrogen (secondary N) is 2. The van der Waals surface area contributed by atoms with Crippen molar-refractivity contribution in [3.63, 3.8) is 0 Å². The molecule has 0 bridgehead atoms. The van der Waals surface area contributed by atoms with Gasteiger partial charge >= 0.3 is 6.18 Å². The molecular formula is C16H14ClF3N2O2. The minimum absolute atomic E-state index is 0.0383. The van der Waals surface area contributed by atoms with Crippen LogP contribution in [0, 0.1) is 0 Å². The summed E-state index contributed by atoms with van der Waals surface area (Å²) in [6.07, 6.45) is -4.48. The normalized spacial score (nSPS) is 11.0. The fourth-order valence-electron chi connectivity index (χ4n) is 1.89. The van der Waals surface area contributed by atoms with E-state index in [4.69, 9.17) is 16.3 Å². The van der Waals surface area contributed by atoms with Gasteiger partial charge in [0.2, 0.25) is 5.91 Å². The van der Waals surface area contributed by atoms with Gasteiger partial charge in [0.15, 0.2) is 0 Å². The number of methoxy groups -OCH3 is 1. The van der Waals surface area contributed by atoms with Crippen LogP contribution in [0.15, 0.2) is 42.5 Å². The van der Waals surface area contributed by atoms with Crippen molar-refractivity contribution in [2.24, 2.45) is 0 Å². The molecule has 0 radical (unpaired) electrons. The molecule has 0 spiro atoms. The highest BCUT2D eigenvalue weighted by Gasteiger charge is 2.30. The molecule has 2 aromatic carbocycles. The van der Waals surface area contributed by atoms with Crippen molar-refractivity contribution in [3.05, 3.63) is 53.1 Å². The van der Waals surface area contributed by atoms with Crippen LogP contribution in [-0.2, 0) is 11.0 Å². The smallest absolute Gasteiger partial charge is 0.416 e. The Morgan fingerprint density at radius 3 is 2.42 bits per heavy atom. The Balaban J connectivity index is 1.98.